The molecule has 1 N–H and O–H groups in total. The van der Waals surface area contributed by atoms with E-state index in [4.69, 9.17) is 18.9 Å². The van der Waals surface area contributed by atoms with E-state index in [1.807, 2.05) is 29.3 Å². The van der Waals surface area contributed by atoms with Crippen LogP contribution >= 0.6 is 0 Å². The summed E-state index contributed by atoms with van der Waals surface area (Å²) in [5.74, 6) is 2.52. The number of benzene rings is 2. The minimum Gasteiger partial charge on any atom is -0.497 e. The predicted molar refractivity (Wildman–Crippen MR) is 129 cm³/mol. The Labute approximate surface area is 193 Å². The van der Waals surface area contributed by atoms with Crippen LogP contribution in [0.1, 0.15) is 17.5 Å². The zero-order valence-corrected chi connectivity index (χ0v) is 19.3. The van der Waals surface area contributed by atoms with E-state index in [-0.39, 0.29) is 5.91 Å². The van der Waals surface area contributed by atoms with Crippen LogP contribution in [0.4, 0.5) is 0 Å². The van der Waals surface area contributed by atoms with Crippen LogP contribution in [0.3, 0.4) is 0 Å². The Bertz CT molecular complexity index is 1220. The van der Waals surface area contributed by atoms with Crippen molar-refractivity contribution < 1.29 is 23.7 Å². The van der Waals surface area contributed by atoms with Gasteiger partial charge in [-0.25, -0.2) is 0 Å². The molecule has 0 aliphatic carbocycles. The second kappa shape index (κ2) is 9.73. The monoisotopic (exact) mass is 448 g/mol. The molecule has 2 heterocycles. The van der Waals surface area contributed by atoms with Crippen LogP contribution in [0, 0.1) is 0 Å². The molecule has 1 aliphatic rings. The first-order valence-corrected chi connectivity index (χ1v) is 10.7. The third kappa shape index (κ3) is 4.53. The van der Waals surface area contributed by atoms with Crippen LogP contribution in [0.25, 0.3) is 22.6 Å². The van der Waals surface area contributed by atoms with Crippen LogP contribution in [0.5, 0.6) is 23.0 Å². The number of carbonyl (C=O) groups is 1. The number of aromatic nitrogens is 1. The molecule has 0 unspecified atom stereocenters. The van der Waals surface area contributed by atoms with Gasteiger partial charge in [0.05, 0.1) is 28.4 Å². The number of hydrogen-bond acceptors (Lipinski definition) is 5. The van der Waals surface area contributed by atoms with E-state index in [1.54, 1.807) is 52.7 Å². The van der Waals surface area contributed by atoms with Gasteiger partial charge in [-0.3, -0.25) is 4.79 Å². The molecular formula is C26H28N2O5. The van der Waals surface area contributed by atoms with Gasteiger partial charge in [0.15, 0.2) is 11.5 Å². The lowest BCUT2D eigenvalue weighted by Crippen LogP contribution is -2.33. The smallest absolute Gasteiger partial charge is 0.246 e. The fraction of sp³-hybridized carbons (Fsp3) is 0.269. The molecule has 1 aromatic heterocycles. The lowest BCUT2D eigenvalue weighted by molar-refractivity contribution is -0.125. The highest BCUT2D eigenvalue weighted by Gasteiger charge is 2.19. The Morgan fingerprint density at radius 1 is 0.970 bits per heavy atom. The number of rotatable bonds is 7. The van der Waals surface area contributed by atoms with Gasteiger partial charge in [0.25, 0.3) is 0 Å². The van der Waals surface area contributed by atoms with Crippen molar-refractivity contribution in [3.63, 3.8) is 0 Å². The number of nitrogens with one attached hydrogen (secondary N) is 1. The molecule has 2 aromatic carbocycles. The average Bonchev–Trinajstić information content (AvgIpc) is 3.29. The molecule has 0 radical (unpaired) electrons. The molecule has 0 spiro atoms. The first kappa shape index (κ1) is 22.3. The van der Waals surface area contributed by atoms with Gasteiger partial charge in [-0.2, -0.15) is 0 Å². The fourth-order valence-electron chi connectivity index (χ4n) is 4.06. The third-order valence-corrected chi connectivity index (χ3v) is 5.90. The number of hydrogen-bond donors (Lipinski definition) is 1. The van der Waals surface area contributed by atoms with Crippen molar-refractivity contribution in [3.05, 3.63) is 59.8 Å². The number of nitrogens with zero attached hydrogens (tertiary/aromatic N) is 1. The number of ether oxygens (including phenoxy) is 4. The van der Waals surface area contributed by atoms with Gasteiger partial charge in [0.2, 0.25) is 5.91 Å². The van der Waals surface area contributed by atoms with Crippen LogP contribution in [-0.4, -0.2) is 57.3 Å². The Kier molecular flexibility index (Phi) is 6.58. The van der Waals surface area contributed by atoms with Crippen molar-refractivity contribution >= 4 is 28.5 Å². The lowest BCUT2D eigenvalue weighted by Gasteiger charge is -2.25. The minimum atomic E-state index is -0.0530. The number of methoxy groups -OCH3 is 4. The number of amides is 1. The van der Waals surface area contributed by atoms with Crippen molar-refractivity contribution in [2.24, 2.45) is 0 Å². The zero-order valence-electron chi connectivity index (χ0n) is 19.3. The summed E-state index contributed by atoms with van der Waals surface area (Å²) in [6, 6.07) is 9.54. The van der Waals surface area contributed by atoms with E-state index in [0.717, 1.165) is 34.2 Å². The summed E-state index contributed by atoms with van der Waals surface area (Å²) in [5.41, 5.74) is 4.19. The van der Waals surface area contributed by atoms with Crippen molar-refractivity contribution in [2.75, 3.05) is 41.5 Å². The molecule has 33 heavy (non-hydrogen) atoms. The summed E-state index contributed by atoms with van der Waals surface area (Å²) >= 11 is 0. The van der Waals surface area contributed by atoms with Gasteiger partial charge in [-0.15, -0.1) is 0 Å². The van der Waals surface area contributed by atoms with Crippen LogP contribution in [0.2, 0.25) is 0 Å². The number of H-pyrrole nitrogens is 1. The highest BCUT2D eigenvalue weighted by Crippen LogP contribution is 2.35. The van der Waals surface area contributed by atoms with E-state index in [0.29, 0.717) is 30.3 Å². The molecule has 0 saturated heterocycles. The normalized spacial score (nSPS) is 13.8. The molecule has 7 nitrogen and oxygen atoms in total. The molecule has 0 atom stereocenters. The maximum Gasteiger partial charge on any atom is 0.246 e. The summed E-state index contributed by atoms with van der Waals surface area (Å²) in [7, 11) is 6.39. The van der Waals surface area contributed by atoms with E-state index >= 15 is 0 Å². The summed E-state index contributed by atoms with van der Waals surface area (Å²) in [5, 5.41) is 1.13. The summed E-state index contributed by atoms with van der Waals surface area (Å²) in [6.45, 7) is 1.20. The number of carbonyl (C=O) groups excluding carboxylic acids is 1. The average molecular weight is 449 g/mol. The summed E-state index contributed by atoms with van der Waals surface area (Å²) in [4.78, 5) is 18.0. The quantitative estimate of drug-likeness (QED) is 0.538. The second-order valence-electron chi connectivity index (χ2n) is 7.66. The number of aromatic amines is 1. The van der Waals surface area contributed by atoms with Crippen molar-refractivity contribution in [1.82, 2.24) is 9.88 Å². The van der Waals surface area contributed by atoms with E-state index < -0.39 is 0 Å². The SMILES string of the molecule is COc1ccc2[nH]cc(C3=CCN(C(=O)/C=C/c4cc(OC)c(OC)cc4OC)CC3)c2c1. The van der Waals surface area contributed by atoms with Gasteiger partial charge >= 0.3 is 0 Å². The zero-order chi connectivity index (χ0) is 23.4. The summed E-state index contributed by atoms with van der Waals surface area (Å²) in [6.07, 6.45) is 8.24. The van der Waals surface area contributed by atoms with Crippen molar-refractivity contribution in [3.8, 4) is 23.0 Å². The molecule has 3 aromatic rings. The van der Waals surface area contributed by atoms with E-state index in [1.165, 1.54) is 5.57 Å². The second-order valence-corrected chi connectivity index (χ2v) is 7.66. The molecular weight excluding hydrogens is 420 g/mol. The first-order valence-electron chi connectivity index (χ1n) is 10.7. The molecule has 0 fully saturated rings. The Morgan fingerprint density at radius 3 is 2.39 bits per heavy atom. The molecule has 7 heteroatoms. The lowest BCUT2D eigenvalue weighted by atomic mass is 9.98. The molecule has 1 aliphatic heterocycles. The minimum absolute atomic E-state index is 0.0530. The highest BCUT2D eigenvalue weighted by atomic mass is 16.5. The van der Waals surface area contributed by atoms with Crippen LogP contribution in [-0.2, 0) is 4.79 Å². The standard InChI is InChI=1S/C26H28N2O5/c1-30-19-6-7-22-20(14-19)21(16-27-22)17-9-11-28(12-10-17)26(29)8-5-18-13-24(32-3)25(33-4)15-23(18)31-2/h5-9,13-16,27H,10-12H2,1-4H3/b8-5+. The molecule has 0 saturated carbocycles. The van der Waals surface area contributed by atoms with Crippen LogP contribution in [0.15, 0.2) is 48.7 Å². The van der Waals surface area contributed by atoms with Gasteiger partial charge in [0, 0.05) is 53.5 Å². The van der Waals surface area contributed by atoms with E-state index in [9.17, 15) is 4.79 Å². The van der Waals surface area contributed by atoms with Gasteiger partial charge in [0.1, 0.15) is 11.5 Å². The summed E-state index contributed by atoms with van der Waals surface area (Å²) < 4.78 is 21.5. The van der Waals surface area contributed by atoms with Crippen molar-refractivity contribution in [1.29, 1.82) is 0 Å². The highest BCUT2D eigenvalue weighted by molar-refractivity contribution is 5.95. The molecule has 0 bridgehead atoms. The van der Waals surface area contributed by atoms with Gasteiger partial charge in [-0.05, 0) is 42.3 Å². The maximum absolute atomic E-state index is 12.8. The van der Waals surface area contributed by atoms with Crippen molar-refractivity contribution in [2.45, 2.75) is 6.42 Å². The molecule has 4 rings (SSSR count). The first-order chi connectivity index (χ1) is 16.1. The third-order valence-electron chi connectivity index (χ3n) is 5.90. The molecule has 172 valence electrons. The Hall–Kier alpha value is -3.87. The maximum atomic E-state index is 12.8. The van der Waals surface area contributed by atoms with E-state index in [2.05, 4.69) is 11.1 Å². The van der Waals surface area contributed by atoms with Crippen LogP contribution < -0.4 is 18.9 Å². The predicted octanol–water partition coefficient (Wildman–Crippen LogP) is 4.53. The Balaban J connectivity index is 1.49. The Morgan fingerprint density at radius 2 is 1.73 bits per heavy atom. The topological polar surface area (TPSA) is 73.0 Å². The van der Waals surface area contributed by atoms with Gasteiger partial charge < -0.3 is 28.8 Å². The fourth-order valence-corrected chi connectivity index (χ4v) is 4.06. The molecule has 1 amide bonds. The van der Waals surface area contributed by atoms with Gasteiger partial charge in [-0.1, -0.05) is 6.08 Å². The largest absolute Gasteiger partial charge is 0.497 e. The number of fused-ring (bicyclic) bond motifs is 1.